The largest absolute Gasteiger partial charge is 0.376 e. The second-order valence-electron chi connectivity index (χ2n) is 8.95. The highest BCUT2D eigenvalue weighted by Gasteiger charge is 2.35. The van der Waals surface area contributed by atoms with Gasteiger partial charge in [-0.15, -0.1) is 12.4 Å². The van der Waals surface area contributed by atoms with Crippen molar-refractivity contribution in [2.45, 2.75) is 37.8 Å². The summed E-state index contributed by atoms with van der Waals surface area (Å²) < 4.78 is 6.42. The minimum absolute atomic E-state index is 0. The summed E-state index contributed by atoms with van der Waals surface area (Å²) in [5, 5.41) is 0. The number of benzene rings is 1. The fraction of sp³-hybridized carbons (Fsp3) is 0.583. The van der Waals surface area contributed by atoms with Gasteiger partial charge in [-0.25, -0.2) is 0 Å². The standard InChI is InChI=1S/C24H35N3O.ClH/c1-26-14-16-27(17-15-26)18-24(19-28-23-9-5-8-22(23)25)12-10-21(11-13-24)20-6-3-2-4-7-20;/h2-4,6-7,10-12,22-23H,5,8-9,13-19,25H2,1H3;1H/t22-,23-,24?;/m0./s1. The molecule has 29 heavy (non-hydrogen) atoms. The Morgan fingerprint density at radius 1 is 1.10 bits per heavy atom. The van der Waals surface area contributed by atoms with E-state index < -0.39 is 0 Å². The molecule has 0 spiro atoms. The van der Waals surface area contributed by atoms with Gasteiger partial charge in [0.25, 0.3) is 0 Å². The molecule has 0 amide bonds. The zero-order chi connectivity index (χ0) is 19.4. The van der Waals surface area contributed by atoms with Crippen molar-refractivity contribution in [1.82, 2.24) is 9.80 Å². The Morgan fingerprint density at radius 3 is 2.48 bits per heavy atom. The number of rotatable bonds is 6. The Balaban J connectivity index is 0.00000240. The van der Waals surface area contributed by atoms with Crippen LogP contribution in [0.25, 0.3) is 5.57 Å². The number of nitrogens with zero attached hydrogens (tertiary/aromatic N) is 2. The van der Waals surface area contributed by atoms with E-state index in [1.807, 2.05) is 0 Å². The fourth-order valence-electron chi connectivity index (χ4n) is 4.72. The quantitative estimate of drug-likeness (QED) is 0.768. The van der Waals surface area contributed by atoms with Crippen molar-refractivity contribution in [3.05, 3.63) is 54.1 Å². The van der Waals surface area contributed by atoms with Gasteiger partial charge in [-0.1, -0.05) is 48.6 Å². The molecule has 0 bridgehead atoms. The molecule has 2 fully saturated rings. The van der Waals surface area contributed by atoms with Gasteiger partial charge in [0.05, 0.1) is 12.7 Å². The molecule has 1 aromatic rings. The van der Waals surface area contributed by atoms with Gasteiger partial charge in [0.2, 0.25) is 0 Å². The third-order valence-corrected chi connectivity index (χ3v) is 6.67. The van der Waals surface area contributed by atoms with E-state index in [2.05, 4.69) is 65.4 Å². The third-order valence-electron chi connectivity index (χ3n) is 6.67. The van der Waals surface area contributed by atoms with E-state index in [1.54, 1.807) is 0 Å². The predicted molar refractivity (Wildman–Crippen MR) is 123 cm³/mol. The van der Waals surface area contributed by atoms with E-state index in [0.29, 0.717) is 0 Å². The molecule has 160 valence electrons. The average Bonchev–Trinajstić information content (AvgIpc) is 3.14. The van der Waals surface area contributed by atoms with Crippen molar-refractivity contribution in [3.8, 4) is 0 Å². The van der Waals surface area contributed by atoms with Gasteiger partial charge < -0.3 is 15.4 Å². The summed E-state index contributed by atoms with van der Waals surface area (Å²) in [4.78, 5) is 5.03. The smallest absolute Gasteiger partial charge is 0.0726 e. The van der Waals surface area contributed by atoms with Crippen LogP contribution in [0.1, 0.15) is 31.2 Å². The predicted octanol–water partition coefficient (Wildman–Crippen LogP) is 3.58. The molecule has 1 aliphatic heterocycles. The molecular weight excluding hydrogens is 382 g/mol. The molecule has 4 rings (SSSR count). The number of likely N-dealkylation sites (N-methyl/N-ethyl adjacent to an activating group) is 1. The van der Waals surface area contributed by atoms with E-state index in [0.717, 1.165) is 58.6 Å². The molecule has 0 radical (unpaired) electrons. The van der Waals surface area contributed by atoms with Crippen LogP contribution < -0.4 is 5.73 Å². The van der Waals surface area contributed by atoms with Crippen LogP contribution >= 0.6 is 12.4 Å². The van der Waals surface area contributed by atoms with Crippen molar-refractivity contribution in [2.75, 3.05) is 46.4 Å². The lowest BCUT2D eigenvalue weighted by Crippen LogP contribution is -2.50. The number of nitrogens with two attached hydrogens (primary N) is 1. The summed E-state index contributed by atoms with van der Waals surface area (Å²) >= 11 is 0. The first-order valence-corrected chi connectivity index (χ1v) is 10.9. The van der Waals surface area contributed by atoms with Crippen molar-refractivity contribution >= 4 is 18.0 Å². The maximum absolute atomic E-state index is 6.42. The third kappa shape index (κ3) is 5.71. The van der Waals surface area contributed by atoms with Gasteiger partial charge in [-0.05, 0) is 43.9 Å². The summed E-state index contributed by atoms with van der Waals surface area (Å²) in [6.45, 7) is 6.43. The average molecular weight is 418 g/mol. The molecule has 1 saturated carbocycles. The van der Waals surface area contributed by atoms with Crippen LogP contribution in [0.5, 0.6) is 0 Å². The Kier molecular flexibility index (Phi) is 7.94. The summed E-state index contributed by atoms with van der Waals surface area (Å²) in [5.74, 6) is 0. The highest BCUT2D eigenvalue weighted by molar-refractivity contribution is 5.85. The van der Waals surface area contributed by atoms with Crippen LogP contribution in [0.4, 0.5) is 0 Å². The summed E-state index contributed by atoms with van der Waals surface area (Å²) in [6, 6.07) is 10.9. The number of piperazine rings is 1. The lowest BCUT2D eigenvalue weighted by atomic mass is 9.79. The molecular formula is C24H36ClN3O. The second-order valence-corrected chi connectivity index (χ2v) is 8.95. The molecule has 0 aromatic heterocycles. The molecule has 1 aromatic carbocycles. The molecule has 3 aliphatic rings. The number of hydrogen-bond acceptors (Lipinski definition) is 4. The van der Waals surface area contributed by atoms with Gasteiger partial charge in [0, 0.05) is 44.2 Å². The maximum atomic E-state index is 6.42. The SMILES string of the molecule is CN1CCN(CC2(CO[C@H]3CCC[C@@H]3N)C=CC(c3ccccc3)=CC2)CC1.Cl. The first-order chi connectivity index (χ1) is 13.6. The fourth-order valence-corrected chi connectivity index (χ4v) is 4.72. The van der Waals surface area contributed by atoms with Gasteiger partial charge in [-0.2, -0.15) is 0 Å². The molecule has 2 N–H and O–H groups in total. The van der Waals surface area contributed by atoms with Gasteiger partial charge in [0.1, 0.15) is 0 Å². The van der Waals surface area contributed by atoms with E-state index in [4.69, 9.17) is 10.5 Å². The zero-order valence-electron chi connectivity index (χ0n) is 17.6. The van der Waals surface area contributed by atoms with Crippen LogP contribution in [0.2, 0.25) is 0 Å². The Morgan fingerprint density at radius 2 is 1.86 bits per heavy atom. The van der Waals surface area contributed by atoms with Gasteiger partial charge in [-0.3, -0.25) is 4.90 Å². The Bertz CT molecular complexity index is 699. The van der Waals surface area contributed by atoms with Crippen LogP contribution in [-0.4, -0.2) is 68.3 Å². The zero-order valence-corrected chi connectivity index (χ0v) is 18.4. The topological polar surface area (TPSA) is 41.7 Å². The minimum Gasteiger partial charge on any atom is -0.376 e. The number of allylic oxidation sites excluding steroid dienone is 3. The summed E-state index contributed by atoms with van der Waals surface area (Å²) in [6.07, 6.45) is 11.8. The van der Waals surface area contributed by atoms with E-state index in [-0.39, 0.29) is 30.0 Å². The highest BCUT2D eigenvalue weighted by Crippen LogP contribution is 2.36. The van der Waals surface area contributed by atoms with Crippen LogP contribution in [0, 0.1) is 5.41 Å². The Labute approximate surface area is 182 Å². The first kappa shape index (κ1) is 22.5. The molecule has 1 unspecified atom stereocenters. The molecule has 4 nitrogen and oxygen atoms in total. The molecule has 1 saturated heterocycles. The normalized spacial score (nSPS) is 30.8. The van der Waals surface area contributed by atoms with E-state index in [1.165, 1.54) is 17.6 Å². The maximum Gasteiger partial charge on any atom is 0.0726 e. The van der Waals surface area contributed by atoms with Crippen LogP contribution in [0.15, 0.2) is 48.6 Å². The summed E-state index contributed by atoms with van der Waals surface area (Å²) in [7, 11) is 2.22. The van der Waals surface area contributed by atoms with Crippen LogP contribution in [-0.2, 0) is 4.74 Å². The highest BCUT2D eigenvalue weighted by atomic mass is 35.5. The molecule has 3 atom stereocenters. The lowest BCUT2D eigenvalue weighted by Gasteiger charge is -2.41. The van der Waals surface area contributed by atoms with Gasteiger partial charge in [0.15, 0.2) is 0 Å². The van der Waals surface area contributed by atoms with E-state index in [9.17, 15) is 0 Å². The van der Waals surface area contributed by atoms with E-state index >= 15 is 0 Å². The van der Waals surface area contributed by atoms with Crippen molar-refractivity contribution in [2.24, 2.45) is 11.1 Å². The number of ether oxygens (including phenoxy) is 1. The number of halogens is 1. The molecule has 5 heteroatoms. The first-order valence-electron chi connectivity index (χ1n) is 10.9. The van der Waals surface area contributed by atoms with Crippen molar-refractivity contribution in [1.29, 1.82) is 0 Å². The molecule has 2 aliphatic carbocycles. The van der Waals surface area contributed by atoms with Crippen molar-refractivity contribution < 1.29 is 4.74 Å². The molecule has 1 heterocycles. The lowest BCUT2D eigenvalue weighted by molar-refractivity contribution is -0.0120. The van der Waals surface area contributed by atoms with Gasteiger partial charge >= 0.3 is 0 Å². The minimum atomic E-state index is 0. The monoisotopic (exact) mass is 417 g/mol. The van der Waals surface area contributed by atoms with Crippen LogP contribution in [0.3, 0.4) is 0 Å². The summed E-state index contributed by atoms with van der Waals surface area (Å²) in [5.41, 5.74) is 8.94. The second kappa shape index (κ2) is 10.2. The van der Waals surface area contributed by atoms with Crippen molar-refractivity contribution in [3.63, 3.8) is 0 Å². The Hall–Kier alpha value is -1.17. The number of hydrogen-bond donors (Lipinski definition) is 1.